The number of carbonyl (C=O) groups is 1. The summed E-state index contributed by atoms with van der Waals surface area (Å²) in [7, 11) is 0. The van der Waals surface area contributed by atoms with Crippen molar-refractivity contribution in [3.63, 3.8) is 0 Å². The maximum absolute atomic E-state index is 13.6. The molecule has 1 aliphatic heterocycles. The third kappa shape index (κ3) is 5.80. The van der Waals surface area contributed by atoms with Crippen LogP contribution in [0.3, 0.4) is 0 Å². The van der Waals surface area contributed by atoms with Gasteiger partial charge in [-0.3, -0.25) is 4.90 Å². The van der Waals surface area contributed by atoms with Gasteiger partial charge in [-0.2, -0.15) is 5.26 Å². The van der Waals surface area contributed by atoms with Crippen LogP contribution < -0.4 is 10.6 Å². The van der Waals surface area contributed by atoms with Gasteiger partial charge in [0, 0.05) is 38.3 Å². The molecule has 7 heteroatoms. The third-order valence-electron chi connectivity index (χ3n) is 3.90. The Bertz CT molecular complexity index is 597. The number of benzene rings is 1. The van der Waals surface area contributed by atoms with Crippen LogP contribution in [0.1, 0.15) is 18.1 Å². The van der Waals surface area contributed by atoms with Crippen molar-refractivity contribution in [2.24, 2.45) is 5.92 Å². The number of morpholine rings is 1. The third-order valence-corrected chi connectivity index (χ3v) is 3.90. The Morgan fingerprint density at radius 2 is 2.17 bits per heavy atom. The van der Waals surface area contributed by atoms with Crippen molar-refractivity contribution in [2.45, 2.75) is 13.5 Å². The van der Waals surface area contributed by atoms with Crippen molar-refractivity contribution in [2.75, 3.05) is 39.4 Å². The first kappa shape index (κ1) is 18.2. The molecule has 24 heavy (non-hydrogen) atoms. The van der Waals surface area contributed by atoms with Crippen molar-refractivity contribution >= 4 is 6.03 Å². The number of carbonyl (C=O) groups excluding carboxylic acids is 1. The van der Waals surface area contributed by atoms with Gasteiger partial charge in [-0.15, -0.1) is 0 Å². The van der Waals surface area contributed by atoms with Gasteiger partial charge in [0.1, 0.15) is 5.82 Å². The van der Waals surface area contributed by atoms with Gasteiger partial charge < -0.3 is 15.4 Å². The number of urea groups is 1. The van der Waals surface area contributed by atoms with E-state index < -0.39 is 5.82 Å². The topological polar surface area (TPSA) is 77.4 Å². The number of amides is 2. The van der Waals surface area contributed by atoms with E-state index in [4.69, 9.17) is 10.00 Å². The average Bonchev–Trinajstić information content (AvgIpc) is 2.60. The molecule has 1 atom stereocenters. The van der Waals surface area contributed by atoms with Gasteiger partial charge in [0.25, 0.3) is 0 Å². The van der Waals surface area contributed by atoms with E-state index in [1.165, 1.54) is 18.2 Å². The van der Waals surface area contributed by atoms with Gasteiger partial charge >= 0.3 is 6.03 Å². The monoisotopic (exact) mass is 334 g/mol. The van der Waals surface area contributed by atoms with Gasteiger partial charge in [-0.1, -0.05) is 6.92 Å². The fourth-order valence-electron chi connectivity index (χ4n) is 2.57. The van der Waals surface area contributed by atoms with E-state index in [1.807, 2.05) is 6.07 Å². The van der Waals surface area contributed by atoms with Crippen LogP contribution in [0.4, 0.5) is 9.18 Å². The number of nitrogens with one attached hydrogen (secondary N) is 2. The van der Waals surface area contributed by atoms with Crippen LogP contribution >= 0.6 is 0 Å². The summed E-state index contributed by atoms with van der Waals surface area (Å²) in [6.45, 7) is 6.93. The largest absolute Gasteiger partial charge is 0.379 e. The fraction of sp³-hybridized carbons (Fsp3) is 0.529. The molecule has 0 aromatic heterocycles. The van der Waals surface area contributed by atoms with Gasteiger partial charge in [0.05, 0.1) is 24.8 Å². The number of hydrogen-bond acceptors (Lipinski definition) is 4. The summed E-state index contributed by atoms with van der Waals surface area (Å²) in [6.07, 6.45) is 0. The van der Waals surface area contributed by atoms with Crippen molar-refractivity contribution in [3.05, 3.63) is 35.1 Å². The Hall–Kier alpha value is -2.17. The number of rotatable bonds is 6. The molecule has 1 aliphatic rings. The summed E-state index contributed by atoms with van der Waals surface area (Å²) in [5.74, 6) is -0.123. The number of hydrogen-bond donors (Lipinski definition) is 2. The zero-order chi connectivity index (χ0) is 17.4. The van der Waals surface area contributed by atoms with E-state index in [9.17, 15) is 9.18 Å². The maximum Gasteiger partial charge on any atom is 0.315 e. The van der Waals surface area contributed by atoms with Crippen molar-refractivity contribution in [3.8, 4) is 6.07 Å². The second-order valence-electron chi connectivity index (χ2n) is 6.00. The first-order valence-corrected chi connectivity index (χ1v) is 8.09. The van der Waals surface area contributed by atoms with Gasteiger partial charge in [-0.25, -0.2) is 9.18 Å². The lowest BCUT2D eigenvalue weighted by Gasteiger charge is -2.29. The molecule has 1 aromatic rings. The lowest BCUT2D eigenvalue weighted by molar-refractivity contribution is 0.0319. The highest BCUT2D eigenvalue weighted by Crippen LogP contribution is 2.09. The van der Waals surface area contributed by atoms with Crippen LogP contribution in [-0.2, 0) is 11.3 Å². The Labute approximate surface area is 141 Å². The number of nitrogens with zero attached hydrogens (tertiary/aromatic N) is 2. The molecule has 0 unspecified atom stereocenters. The molecule has 0 aliphatic carbocycles. The predicted octanol–water partition coefficient (Wildman–Crippen LogP) is 1.46. The van der Waals surface area contributed by atoms with E-state index in [-0.39, 0.29) is 12.6 Å². The van der Waals surface area contributed by atoms with Crippen LogP contribution in [0, 0.1) is 23.1 Å². The fourth-order valence-corrected chi connectivity index (χ4v) is 2.57. The minimum Gasteiger partial charge on any atom is -0.379 e. The Kier molecular flexibility index (Phi) is 6.97. The molecule has 2 N–H and O–H groups in total. The van der Waals surface area contributed by atoms with E-state index in [0.29, 0.717) is 23.6 Å². The highest BCUT2D eigenvalue weighted by molar-refractivity contribution is 5.73. The molecule has 2 amide bonds. The van der Waals surface area contributed by atoms with Gasteiger partial charge in [-0.05, 0) is 24.1 Å². The molecule has 2 rings (SSSR count). The average molecular weight is 334 g/mol. The van der Waals surface area contributed by atoms with Gasteiger partial charge in [0.15, 0.2) is 0 Å². The summed E-state index contributed by atoms with van der Waals surface area (Å²) in [5, 5.41) is 14.2. The minimum atomic E-state index is -0.435. The zero-order valence-corrected chi connectivity index (χ0v) is 13.8. The first-order chi connectivity index (χ1) is 11.6. The number of ether oxygens (including phenoxy) is 1. The lowest BCUT2D eigenvalue weighted by atomic mass is 10.1. The molecule has 0 bridgehead atoms. The quantitative estimate of drug-likeness (QED) is 0.826. The highest BCUT2D eigenvalue weighted by Gasteiger charge is 2.14. The molecular weight excluding hydrogens is 311 g/mol. The SMILES string of the molecule is C[C@H](CNC(=O)NCc1cc(C#N)ccc1F)CN1CCOCC1. The highest BCUT2D eigenvalue weighted by atomic mass is 19.1. The molecular formula is C17H23FN4O2. The molecule has 0 saturated carbocycles. The summed E-state index contributed by atoms with van der Waals surface area (Å²) in [5.41, 5.74) is 0.665. The van der Waals surface area contributed by atoms with E-state index in [0.717, 1.165) is 32.8 Å². The Balaban J connectivity index is 1.70. The second kappa shape index (κ2) is 9.21. The standard InChI is InChI=1S/C17H23FN4O2/c1-13(12-22-4-6-24-7-5-22)10-20-17(23)21-11-15-8-14(9-19)2-3-16(15)18/h2-3,8,13H,4-7,10-12H2,1H3,(H2,20,21,23)/t13-/m1/s1. The maximum atomic E-state index is 13.6. The van der Waals surface area contributed by atoms with Crippen molar-refractivity contribution in [1.82, 2.24) is 15.5 Å². The molecule has 1 heterocycles. The number of nitriles is 1. The van der Waals surface area contributed by atoms with E-state index in [2.05, 4.69) is 22.5 Å². The Morgan fingerprint density at radius 1 is 1.42 bits per heavy atom. The first-order valence-electron chi connectivity index (χ1n) is 8.09. The molecule has 1 fully saturated rings. The van der Waals surface area contributed by atoms with Crippen LogP contribution in [0.2, 0.25) is 0 Å². The second-order valence-corrected chi connectivity index (χ2v) is 6.00. The normalized spacial score (nSPS) is 16.2. The van der Waals surface area contributed by atoms with Crippen LogP contribution in [0.15, 0.2) is 18.2 Å². The molecule has 0 radical (unpaired) electrons. The minimum absolute atomic E-state index is 0.0467. The van der Waals surface area contributed by atoms with Crippen LogP contribution in [-0.4, -0.2) is 50.3 Å². The number of halogens is 1. The lowest BCUT2D eigenvalue weighted by Crippen LogP contribution is -2.43. The van der Waals surface area contributed by atoms with E-state index in [1.54, 1.807) is 0 Å². The smallest absolute Gasteiger partial charge is 0.315 e. The summed E-state index contributed by atoms with van der Waals surface area (Å²) >= 11 is 0. The molecule has 0 spiro atoms. The summed E-state index contributed by atoms with van der Waals surface area (Å²) < 4.78 is 18.9. The zero-order valence-electron chi connectivity index (χ0n) is 13.8. The van der Waals surface area contributed by atoms with Crippen molar-refractivity contribution < 1.29 is 13.9 Å². The molecule has 130 valence electrons. The summed E-state index contributed by atoms with van der Waals surface area (Å²) in [4.78, 5) is 14.2. The predicted molar refractivity (Wildman–Crippen MR) is 87.8 cm³/mol. The van der Waals surface area contributed by atoms with E-state index >= 15 is 0 Å². The summed E-state index contributed by atoms with van der Waals surface area (Å²) in [6, 6.07) is 5.69. The van der Waals surface area contributed by atoms with Crippen LogP contribution in [0.5, 0.6) is 0 Å². The van der Waals surface area contributed by atoms with Crippen LogP contribution in [0.25, 0.3) is 0 Å². The Morgan fingerprint density at radius 3 is 2.88 bits per heavy atom. The van der Waals surface area contributed by atoms with Crippen molar-refractivity contribution in [1.29, 1.82) is 5.26 Å². The molecule has 1 saturated heterocycles. The van der Waals surface area contributed by atoms with Gasteiger partial charge in [0.2, 0.25) is 0 Å². The molecule has 6 nitrogen and oxygen atoms in total. The molecule has 1 aromatic carbocycles.